The quantitative estimate of drug-likeness (QED) is 0.788. The lowest BCUT2D eigenvalue weighted by Gasteiger charge is -2.19. The first-order chi connectivity index (χ1) is 8.99. The molecule has 0 fully saturated rings. The lowest BCUT2D eigenvalue weighted by molar-refractivity contribution is 0.590. The molecule has 0 atom stereocenters. The smallest absolute Gasteiger partial charge is 0.168 e. The number of hydrogen-bond donors (Lipinski definition) is 0. The van der Waals surface area contributed by atoms with Crippen molar-refractivity contribution in [3.05, 3.63) is 60.2 Å². The highest BCUT2D eigenvalue weighted by atomic mass is 32.1. The normalized spacial score (nSPS) is 10.3. The van der Waals surface area contributed by atoms with E-state index in [1.807, 2.05) is 6.07 Å². The van der Waals surface area contributed by atoms with Gasteiger partial charge >= 0.3 is 11.6 Å². The van der Waals surface area contributed by atoms with Gasteiger partial charge in [-0.25, -0.2) is 0 Å². The fraction of sp³-hybridized carbons (Fsp3) is 0.250. The predicted molar refractivity (Wildman–Crippen MR) is 79.5 cm³/mol. The van der Waals surface area contributed by atoms with E-state index < -0.39 is 11.6 Å². The number of rotatable bonds is 1. The zero-order valence-corrected chi connectivity index (χ0v) is 12.2. The highest BCUT2D eigenvalue weighted by molar-refractivity contribution is 7.51. The Morgan fingerprint density at radius 2 is 1.16 bits per heavy atom. The van der Waals surface area contributed by atoms with Gasteiger partial charge in [-0.3, -0.25) is 0 Å². The summed E-state index contributed by atoms with van der Waals surface area (Å²) in [6, 6.07) is 19.3. The maximum Gasteiger partial charge on any atom is 0.335 e. The summed E-state index contributed by atoms with van der Waals surface area (Å²) in [6.45, 7) is 6.72. The standard InChI is InChI=1S/C16H18.O2S/c1-16(2,3)15-11-9-14(10-12-15)13-7-5-4-6-8-13;1-3-2/h4-12H,1-3H3;. The average Bonchev–Trinajstić information content (AvgIpc) is 2.40. The van der Waals surface area contributed by atoms with E-state index >= 15 is 0 Å². The first kappa shape index (κ1) is 15.3. The zero-order valence-electron chi connectivity index (χ0n) is 11.4. The summed E-state index contributed by atoms with van der Waals surface area (Å²) >= 11 is -0.750. The molecule has 0 aliphatic rings. The predicted octanol–water partition coefficient (Wildman–Crippen LogP) is 3.98. The molecule has 0 N–H and O–H groups in total. The molecule has 0 unspecified atom stereocenters. The lowest BCUT2D eigenvalue weighted by atomic mass is 9.86. The van der Waals surface area contributed by atoms with Gasteiger partial charge in [-0.05, 0) is 22.1 Å². The van der Waals surface area contributed by atoms with Gasteiger partial charge < -0.3 is 0 Å². The van der Waals surface area contributed by atoms with Gasteiger partial charge in [-0.1, -0.05) is 75.4 Å². The third-order valence-corrected chi connectivity index (χ3v) is 2.86. The second-order valence-corrected chi connectivity index (χ2v) is 5.40. The Balaban J connectivity index is 0.000000550. The van der Waals surface area contributed by atoms with Crippen molar-refractivity contribution in [1.82, 2.24) is 0 Å². The summed E-state index contributed by atoms with van der Waals surface area (Å²) < 4.78 is 16.6. The van der Waals surface area contributed by atoms with Gasteiger partial charge in [0.05, 0.1) is 0 Å². The van der Waals surface area contributed by atoms with Crippen molar-refractivity contribution in [2.24, 2.45) is 0 Å². The van der Waals surface area contributed by atoms with Gasteiger partial charge in [-0.2, -0.15) is 8.42 Å². The van der Waals surface area contributed by atoms with Gasteiger partial charge in [0.25, 0.3) is 0 Å². The average molecular weight is 274 g/mol. The van der Waals surface area contributed by atoms with Crippen LogP contribution in [0.2, 0.25) is 0 Å². The Hall–Kier alpha value is -1.74. The first-order valence-corrected chi connectivity index (χ1v) is 6.73. The Morgan fingerprint density at radius 3 is 1.58 bits per heavy atom. The third kappa shape index (κ3) is 4.79. The van der Waals surface area contributed by atoms with Crippen LogP contribution in [0.15, 0.2) is 54.6 Å². The largest absolute Gasteiger partial charge is 0.335 e. The van der Waals surface area contributed by atoms with Crippen molar-refractivity contribution in [2.45, 2.75) is 26.2 Å². The molecule has 0 aromatic heterocycles. The van der Waals surface area contributed by atoms with Crippen LogP contribution in [0.3, 0.4) is 0 Å². The molecule has 2 aromatic carbocycles. The van der Waals surface area contributed by atoms with Crippen LogP contribution in [0.4, 0.5) is 0 Å². The van der Waals surface area contributed by atoms with Crippen molar-refractivity contribution >= 4 is 11.6 Å². The van der Waals surface area contributed by atoms with Crippen molar-refractivity contribution in [3.8, 4) is 11.1 Å². The summed E-state index contributed by atoms with van der Waals surface area (Å²) in [6.07, 6.45) is 0. The minimum Gasteiger partial charge on any atom is -0.168 e. The molecule has 2 nitrogen and oxygen atoms in total. The van der Waals surface area contributed by atoms with E-state index in [-0.39, 0.29) is 5.41 Å². The van der Waals surface area contributed by atoms with Crippen molar-refractivity contribution in [1.29, 1.82) is 0 Å². The highest BCUT2D eigenvalue weighted by Crippen LogP contribution is 2.25. The zero-order chi connectivity index (χ0) is 14.3. The molecule has 100 valence electrons. The van der Waals surface area contributed by atoms with Crippen molar-refractivity contribution < 1.29 is 8.42 Å². The van der Waals surface area contributed by atoms with E-state index in [2.05, 4.69) is 69.3 Å². The van der Waals surface area contributed by atoms with Crippen LogP contribution in [0.5, 0.6) is 0 Å². The second-order valence-electron chi connectivity index (χ2n) is 5.26. The molecule has 0 aliphatic carbocycles. The van der Waals surface area contributed by atoms with E-state index in [0.29, 0.717) is 0 Å². The summed E-state index contributed by atoms with van der Waals surface area (Å²) in [5.74, 6) is 0. The van der Waals surface area contributed by atoms with Gasteiger partial charge in [-0.15, -0.1) is 0 Å². The monoisotopic (exact) mass is 274 g/mol. The molecule has 0 radical (unpaired) electrons. The molecule has 0 heterocycles. The summed E-state index contributed by atoms with van der Waals surface area (Å²) in [7, 11) is 0. The van der Waals surface area contributed by atoms with Crippen LogP contribution in [0.1, 0.15) is 26.3 Å². The number of hydrogen-bond acceptors (Lipinski definition) is 2. The van der Waals surface area contributed by atoms with Crippen LogP contribution in [-0.2, 0) is 17.0 Å². The van der Waals surface area contributed by atoms with E-state index in [4.69, 9.17) is 8.42 Å². The van der Waals surface area contributed by atoms with Crippen LogP contribution < -0.4 is 0 Å². The SMILES string of the molecule is CC(C)(C)c1ccc(-c2ccccc2)cc1.O=S=O. The van der Waals surface area contributed by atoms with E-state index in [1.165, 1.54) is 16.7 Å². The van der Waals surface area contributed by atoms with Gasteiger partial charge in [0, 0.05) is 0 Å². The Kier molecular flexibility index (Phi) is 5.64. The fourth-order valence-electron chi connectivity index (χ4n) is 1.79. The first-order valence-electron chi connectivity index (χ1n) is 6.07. The second kappa shape index (κ2) is 7.00. The molecule has 0 bridgehead atoms. The van der Waals surface area contributed by atoms with E-state index in [1.54, 1.807) is 0 Å². The Labute approximate surface area is 118 Å². The molecule has 3 heteroatoms. The van der Waals surface area contributed by atoms with Crippen LogP contribution in [0.25, 0.3) is 11.1 Å². The Morgan fingerprint density at radius 1 is 0.737 bits per heavy atom. The Bertz CT molecular complexity index is 533. The highest BCUT2D eigenvalue weighted by Gasteiger charge is 2.12. The molecule has 0 saturated heterocycles. The van der Waals surface area contributed by atoms with Crippen LogP contribution in [0, 0.1) is 0 Å². The van der Waals surface area contributed by atoms with E-state index in [0.717, 1.165) is 0 Å². The molecule has 0 amide bonds. The molecule has 0 aliphatic heterocycles. The molecule has 2 aromatic rings. The topological polar surface area (TPSA) is 34.1 Å². The molecule has 19 heavy (non-hydrogen) atoms. The van der Waals surface area contributed by atoms with Crippen molar-refractivity contribution in [2.75, 3.05) is 0 Å². The molecule has 2 rings (SSSR count). The van der Waals surface area contributed by atoms with Gasteiger partial charge in [0.2, 0.25) is 0 Å². The maximum atomic E-state index is 8.29. The van der Waals surface area contributed by atoms with Crippen molar-refractivity contribution in [3.63, 3.8) is 0 Å². The summed E-state index contributed by atoms with van der Waals surface area (Å²) in [5, 5.41) is 0. The minimum atomic E-state index is -0.750. The fourth-order valence-corrected chi connectivity index (χ4v) is 1.79. The van der Waals surface area contributed by atoms with Crippen LogP contribution in [-0.4, -0.2) is 8.42 Å². The molecule has 0 saturated carbocycles. The molecular formula is C16H18O2S. The third-order valence-electron chi connectivity index (χ3n) is 2.86. The summed E-state index contributed by atoms with van der Waals surface area (Å²) in [4.78, 5) is 0. The van der Waals surface area contributed by atoms with Gasteiger partial charge in [0.15, 0.2) is 0 Å². The molecular weight excluding hydrogens is 256 g/mol. The maximum absolute atomic E-state index is 8.29. The minimum absolute atomic E-state index is 0.231. The van der Waals surface area contributed by atoms with Gasteiger partial charge in [0.1, 0.15) is 0 Å². The lowest BCUT2D eigenvalue weighted by Crippen LogP contribution is -2.10. The van der Waals surface area contributed by atoms with E-state index in [9.17, 15) is 0 Å². The van der Waals surface area contributed by atoms with Crippen LogP contribution >= 0.6 is 0 Å². The summed E-state index contributed by atoms with van der Waals surface area (Å²) in [5.41, 5.74) is 4.18. The molecule has 0 spiro atoms. The number of benzene rings is 2.